The van der Waals surface area contributed by atoms with Gasteiger partial charge in [-0.1, -0.05) is 50.8 Å². The van der Waals surface area contributed by atoms with E-state index in [1.165, 1.54) is 50.1 Å². The van der Waals surface area contributed by atoms with E-state index in [2.05, 4.69) is 40.7 Å². The lowest BCUT2D eigenvalue weighted by atomic mass is 9.87. The van der Waals surface area contributed by atoms with Crippen LogP contribution in [-0.4, -0.2) is 22.0 Å². The Bertz CT molecular complexity index is 713. The van der Waals surface area contributed by atoms with E-state index in [1.807, 2.05) is 0 Å². The maximum atomic E-state index is 11.3. The van der Waals surface area contributed by atoms with Crippen molar-refractivity contribution in [3.05, 3.63) is 42.7 Å². The van der Waals surface area contributed by atoms with E-state index in [-0.39, 0.29) is 5.91 Å². The van der Waals surface area contributed by atoms with Gasteiger partial charge in [0, 0.05) is 19.5 Å². The number of carbonyl (C=O) groups is 1. The predicted octanol–water partition coefficient (Wildman–Crippen LogP) is 4.24. The lowest BCUT2D eigenvalue weighted by Crippen LogP contribution is -2.22. The number of hydrogen-bond donors (Lipinski definition) is 1. The van der Waals surface area contributed by atoms with Crippen molar-refractivity contribution < 1.29 is 4.79 Å². The van der Waals surface area contributed by atoms with E-state index >= 15 is 0 Å². The van der Waals surface area contributed by atoms with Crippen molar-refractivity contribution in [1.29, 1.82) is 0 Å². The van der Waals surface area contributed by atoms with Gasteiger partial charge in [-0.2, -0.15) is 0 Å². The van der Waals surface area contributed by atoms with E-state index in [1.54, 1.807) is 0 Å². The van der Waals surface area contributed by atoms with E-state index in [0.29, 0.717) is 6.54 Å². The highest BCUT2D eigenvalue weighted by Gasteiger charge is 2.16. The second kappa shape index (κ2) is 8.84. The third kappa shape index (κ3) is 4.71. The van der Waals surface area contributed by atoms with Crippen molar-refractivity contribution in [3.8, 4) is 0 Å². The fourth-order valence-corrected chi connectivity index (χ4v) is 3.88. The molecule has 1 fully saturated rings. The molecule has 0 bridgehead atoms. The number of imidazole rings is 1. The van der Waals surface area contributed by atoms with E-state index in [9.17, 15) is 4.79 Å². The van der Waals surface area contributed by atoms with Crippen LogP contribution >= 0.6 is 0 Å². The maximum absolute atomic E-state index is 11.3. The summed E-state index contributed by atoms with van der Waals surface area (Å²) in [6.45, 7) is 5.20. The number of benzene rings is 1. The molecule has 0 saturated heterocycles. The van der Waals surface area contributed by atoms with Gasteiger partial charge in [0.05, 0.1) is 11.0 Å². The molecule has 0 spiro atoms. The summed E-state index contributed by atoms with van der Waals surface area (Å²) in [6.07, 6.45) is 11.3. The molecule has 134 valence electrons. The molecular formula is C21H29N3O. The minimum Gasteiger partial charge on any atom is -0.353 e. The molecule has 1 aromatic carbocycles. The van der Waals surface area contributed by atoms with Crippen LogP contribution in [0.25, 0.3) is 11.0 Å². The van der Waals surface area contributed by atoms with Crippen molar-refractivity contribution in [3.63, 3.8) is 0 Å². The lowest BCUT2D eigenvalue weighted by molar-refractivity contribution is -0.116. The summed E-state index contributed by atoms with van der Waals surface area (Å²) in [5.74, 6) is 1.91. The first-order valence-corrected chi connectivity index (χ1v) is 9.62. The van der Waals surface area contributed by atoms with Crippen molar-refractivity contribution >= 4 is 16.9 Å². The molecule has 0 radical (unpaired) electrons. The Labute approximate surface area is 150 Å². The smallest absolute Gasteiger partial charge is 0.243 e. The molecule has 1 aliphatic rings. The monoisotopic (exact) mass is 339 g/mol. The summed E-state index contributed by atoms with van der Waals surface area (Å²) in [6, 6.07) is 8.41. The Morgan fingerprint density at radius 2 is 2.08 bits per heavy atom. The molecule has 1 amide bonds. The van der Waals surface area contributed by atoms with Crippen LogP contribution in [0, 0.1) is 5.92 Å². The molecule has 1 aromatic heterocycles. The second-order valence-corrected chi connectivity index (χ2v) is 7.06. The SMILES string of the molecule is C=CC(=O)NCCCc1nc2ccccc2n1CCC1CCCCC1. The second-order valence-electron chi connectivity index (χ2n) is 7.06. The van der Waals surface area contributed by atoms with Gasteiger partial charge < -0.3 is 9.88 Å². The highest BCUT2D eigenvalue weighted by Crippen LogP contribution is 2.28. The zero-order valence-corrected chi connectivity index (χ0v) is 15.0. The summed E-state index contributed by atoms with van der Waals surface area (Å²) in [4.78, 5) is 16.1. The van der Waals surface area contributed by atoms with Gasteiger partial charge in [0.2, 0.25) is 5.91 Å². The van der Waals surface area contributed by atoms with Gasteiger partial charge in [-0.3, -0.25) is 4.79 Å². The molecule has 1 N–H and O–H groups in total. The summed E-state index contributed by atoms with van der Waals surface area (Å²) >= 11 is 0. The van der Waals surface area contributed by atoms with Crippen LogP contribution in [0.1, 0.15) is 50.8 Å². The minimum absolute atomic E-state index is 0.106. The van der Waals surface area contributed by atoms with Crippen molar-refractivity contribution in [2.45, 2.75) is 57.9 Å². The fraction of sp³-hybridized carbons (Fsp3) is 0.524. The number of fused-ring (bicyclic) bond motifs is 1. The summed E-state index contributed by atoms with van der Waals surface area (Å²) in [5, 5.41) is 2.85. The lowest BCUT2D eigenvalue weighted by Gasteiger charge is -2.22. The number of aryl methyl sites for hydroxylation is 2. The number of aromatic nitrogens is 2. The zero-order chi connectivity index (χ0) is 17.5. The third-order valence-electron chi connectivity index (χ3n) is 5.28. The Balaban J connectivity index is 1.66. The molecule has 0 atom stereocenters. The topological polar surface area (TPSA) is 46.9 Å². The minimum atomic E-state index is -0.106. The molecule has 1 aliphatic carbocycles. The molecule has 4 heteroatoms. The van der Waals surface area contributed by atoms with Crippen LogP contribution in [0.4, 0.5) is 0 Å². The molecule has 4 nitrogen and oxygen atoms in total. The van der Waals surface area contributed by atoms with Crippen LogP contribution in [0.15, 0.2) is 36.9 Å². The van der Waals surface area contributed by atoms with Crippen LogP contribution in [-0.2, 0) is 17.8 Å². The molecule has 1 heterocycles. The Hall–Kier alpha value is -2.10. The highest BCUT2D eigenvalue weighted by molar-refractivity contribution is 5.86. The maximum Gasteiger partial charge on any atom is 0.243 e. The largest absolute Gasteiger partial charge is 0.353 e. The quantitative estimate of drug-likeness (QED) is 0.577. The van der Waals surface area contributed by atoms with E-state index < -0.39 is 0 Å². The predicted molar refractivity (Wildman–Crippen MR) is 102 cm³/mol. The Morgan fingerprint density at radius 3 is 2.88 bits per heavy atom. The fourth-order valence-electron chi connectivity index (χ4n) is 3.88. The zero-order valence-electron chi connectivity index (χ0n) is 15.0. The molecule has 0 unspecified atom stereocenters. The molecule has 25 heavy (non-hydrogen) atoms. The number of nitrogens with one attached hydrogen (secondary N) is 1. The molecule has 3 rings (SSSR count). The van der Waals surface area contributed by atoms with Crippen LogP contribution in [0.2, 0.25) is 0 Å². The first kappa shape index (κ1) is 17.7. The van der Waals surface area contributed by atoms with Gasteiger partial charge in [0.25, 0.3) is 0 Å². The van der Waals surface area contributed by atoms with Gasteiger partial charge in [-0.05, 0) is 37.0 Å². The molecule has 2 aromatic rings. The number of amides is 1. The number of rotatable bonds is 8. The Morgan fingerprint density at radius 1 is 1.28 bits per heavy atom. The normalized spacial score (nSPS) is 15.4. The molecular weight excluding hydrogens is 310 g/mol. The summed E-state index contributed by atoms with van der Waals surface area (Å²) in [5.41, 5.74) is 2.32. The molecule has 1 saturated carbocycles. The van der Waals surface area contributed by atoms with Gasteiger partial charge >= 0.3 is 0 Å². The number of carbonyl (C=O) groups excluding carboxylic acids is 1. The first-order valence-electron chi connectivity index (χ1n) is 9.62. The van der Waals surface area contributed by atoms with Gasteiger partial charge in [0.1, 0.15) is 5.82 Å². The average molecular weight is 339 g/mol. The average Bonchev–Trinajstić information content (AvgIpc) is 3.01. The van der Waals surface area contributed by atoms with E-state index in [4.69, 9.17) is 4.98 Å². The van der Waals surface area contributed by atoms with Crippen molar-refractivity contribution in [2.24, 2.45) is 5.92 Å². The van der Waals surface area contributed by atoms with Crippen LogP contribution < -0.4 is 5.32 Å². The number of nitrogens with zero attached hydrogens (tertiary/aromatic N) is 2. The standard InChI is InChI=1S/C21H29N3O/c1-2-21(25)22-15-8-13-20-23-18-11-6-7-12-19(18)24(20)16-14-17-9-4-3-5-10-17/h2,6-7,11-12,17H,1,3-5,8-10,13-16H2,(H,22,25). The van der Waals surface area contributed by atoms with E-state index in [0.717, 1.165) is 36.6 Å². The summed E-state index contributed by atoms with van der Waals surface area (Å²) < 4.78 is 2.40. The number of para-hydroxylation sites is 2. The highest BCUT2D eigenvalue weighted by atomic mass is 16.1. The van der Waals surface area contributed by atoms with Crippen molar-refractivity contribution in [1.82, 2.24) is 14.9 Å². The Kier molecular flexibility index (Phi) is 6.26. The number of hydrogen-bond acceptors (Lipinski definition) is 2. The van der Waals surface area contributed by atoms with Crippen molar-refractivity contribution in [2.75, 3.05) is 6.54 Å². The summed E-state index contributed by atoms with van der Waals surface area (Å²) in [7, 11) is 0. The molecule has 0 aliphatic heterocycles. The van der Waals surface area contributed by atoms with Gasteiger partial charge in [-0.15, -0.1) is 0 Å². The van der Waals surface area contributed by atoms with Crippen LogP contribution in [0.5, 0.6) is 0 Å². The van der Waals surface area contributed by atoms with Gasteiger partial charge in [0.15, 0.2) is 0 Å². The van der Waals surface area contributed by atoms with Crippen LogP contribution in [0.3, 0.4) is 0 Å². The first-order chi connectivity index (χ1) is 12.3. The van der Waals surface area contributed by atoms with Gasteiger partial charge in [-0.25, -0.2) is 4.98 Å². The third-order valence-corrected chi connectivity index (χ3v) is 5.28.